The average Bonchev–Trinajstić information content (AvgIpc) is 0.846. The van der Waals surface area contributed by atoms with Crippen LogP contribution in [0.3, 0.4) is 0 Å². The van der Waals surface area contributed by atoms with Crippen LogP contribution < -0.4 is 99.5 Å². The summed E-state index contributed by atoms with van der Waals surface area (Å²) in [4.78, 5) is 83.5. The Morgan fingerprint density at radius 3 is 1.17 bits per heavy atom. The number of ether oxygens (including phenoxy) is 27. The van der Waals surface area contributed by atoms with Crippen molar-refractivity contribution < 1.29 is 152 Å². The van der Waals surface area contributed by atoms with Gasteiger partial charge in [-0.3, -0.25) is 0 Å². The molecule has 0 saturated carbocycles. The zero-order valence-corrected chi connectivity index (χ0v) is 63.5. The number of cyclic esters (lactones) is 1. The Hall–Kier alpha value is -12.4. The van der Waals surface area contributed by atoms with Crippen LogP contribution in [0.1, 0.15) is 86.1 Å². The molecule has 4 bridgehead atoms. The largest absolute Gasteiger partial charge is 0.496 e. The van der Waals surface area contributed by atoms with Crippen molar-refractivity contribution >= 4 is 29.8 Å². The smallest absolute Gasteiger partial charge is 0.343 e. The first-order valence-electron chi connectivity index (χ1n) is 33.3. The van der Waals surface area contributed by atoms with Gasteiger partial charge in [0.25, 0.3) is 0 Å². The van der Waals surface area contributed by atoms with Gasteiger partial charge in [-0.1, -0.05) is 0 Å². The molecule has 5 aliphatic rings. The van der Waals surface area contributed by atoms with Crippen LogP contribution in [0.5, 0.6) is 121 Å². The van der Waals surface area contributed by atoms with E-state index in [4.69, 9.17) is 128 Å². The second-order valence-corrected chi connectivity index (χ2v) is 24.3. The normalized spacial score (nSPS) is 18.5. The lowest BCUT2D eigenvalue weighted by molar-refractivity contribution is -0.135. The van der Waals surface area contributed by atoms with E-state index in [1.807, 2.05) is 0 Å². The van der Waals surface area contributed by atoms with Crippen molar-refractivity contribution in [2.45, 2.75) is 49.0 Å². The molecule has 32 nitrogen and oxygen atoms in total. The third-order valence-corrected chi connectivity index (χ3v) is 19.7. The van der Waals surface area contributed by atoms with Gasteiger partial charge < -0.3 is 128 Å². The maximum absolute atomic E-state index is 17.5. The van der Waals surface area contributed by atoms with Crippen molar-refractivity contribution in [1.29, 1.82) is 0 Å². The third-order valence-electron chi connectivity index (χ3n) is 19.7. The highest BCUT2D eigenvalue weighted by Gasteiger charge is 2.58. The molecule has 0 radical (unpaired) electrons. The van der Waals surface area contributed by atoms with Gasteiger partial charge >= 0.3 is 29.8 Å². The Bertz CT molecular complexity index is 4800. The summed E-state index contributed by atoms with van der Waals surface area (Å²) in [5.74, 6) is -10.6. The van der Waals surface area contributed by atoms with Crippen LogP contribution in [0, 0.1) is 0 Å². The molecule has 5 aliphatic heterocycles. The summed E-state index contributed by atoms with van der Waals surface area (Å²) in [6.45, 7) is -1.13. The number of benzene rings is 7. The first-order chi connectivity index (χ1) is 52.8. The molecule has 0 N–H and O–H groups in total. The number of hydrogen-bond acceptors (Lipinski definition) is 32. The highest BCUT2D eigenvalue weighted by Crippen LogP contribution is 2.66. The molecule has 0 saturated heterocycles. The molecule has 7 aromatic rings. The predicted molar refractivity (Wildman–Crippen MR) is 380 cm³/mol. The standard InChI is InChI=1S/C77H80O32/c1-83-36-28-35-31(24-39(86-4)55(105-35)30-22-37(84-2)57(91-9)38(23-30)85-3)56(90-8)47(36)49-50-54-52(68(101-19)71(103-21)66(50)99-17)51-53-48(65(98-16)70(102-20)67(51)100-18)45-34(27-42(89-7)59(93-11)63(45)96-14)74(79)106-43-29-104-73(78)33-26-41(88-6)58(92-10)62(95-13)44(33)32-25-40(87-5)60(94-12)64(97-15)46(32)75(80)107-61(43)72(109-77(53)82)69(49)108-76(54)81/h22-23,25-28,39,43,49,55,61,69,72H,24,29H2,1-21H3/t39-,43-,49+,55+,61-,69+,72+/m1/s1. The summed E-state index contributed by atoms with van der Waals surface area (Å²) in [6, 6.07) is 8.80. The minimum atomic E-state index is -2.43. The van der Waals surface area contributed by atoms with Crippen molar-refractivity contribution in [3.8, 4) is 154 Å². The number of methoxy groups -OCH3 is 21. The Labute approximate surface area is 624 Å². The number of esters is 5. The van der Waals surface area contributed by atoms with Crippen molar-refractivity contribution in [3.63, 3.8) is 0 Å². The quantitative estimate of drug-likeness (QED) is 0.0424. The van der Waals surface area contributed by atoms with Crippen LogP contribution in [0.4, 0.5) is 0 Å². The molecular formula is C77H80O32. The SMILES string of the molecule is COc1cc([C@@H]2Oc3cc(OC)c([C@H]4c5c(OC)c(OC)c(OC)c6c5C(=O)O[C@@H]4[C@H]4OC(=O)c5c(c(OC)c(OC)c(OC)c5-6)-c5c(cc(OC)c(OC)c5OC)C(=O)O[C@@H]5COC(=O)c6cc(OC)c(OC)c(OC)c6-c6cc(OC)c(OC)c(OC)c6C(=O)O[C@@H]45)c(OC)c3C[C@H]2OC)cc(OC)c1OC. The van der Waals surface area contributed by atoms with Gasteiger partial charge in [-0.2, -0.15) is 0 Å². The van der Waals surface area contributed by atoms with Gasteiger partial charge in [0.15, 0.2) is 99.5 Å². The maximum atomic E-state index is 17.5. The lowest BCUT2D eigenvalue weighted by atomic mass is 9.73. The summed E-state index contributed by atoms with van der Waals surface area (Å²) in [5, 5.41) is 0. The summed E-state index contributed by atoms with van der Waals surface area (Å²) in [7, 11) is 27.7. The van der Waals surface area contributed by atoms with E-state index in [0.29, 0.717) is 28.4 Å². The maximum Gasteiger partial charge on any atom is 0.343 e. The van der Waals surface area contributed by atoms with Gasteiger partial charge in [0.05, 0.1) is 170 Å². The molecule has 0 aromatic heterocycles. The average molecular weight is 1520 g/mol. The molecule has 580 valence electrons. The molecule has 0 amide bonds. The molecule has 7 atom stereocenters. The Morgan fingerprint density at radius 2 is 0.679 bits per heavy atom. The Kier molecular flexibility index (Phi) is 21.6. The van der Waals surface area contributed by atoms with E-state index in [1.165, 1.54) is 168 Å². The van der Waals surface area contributed by atoms with Crippen LogP contribution in [0.25, 0.3) is 33.4 Å². The van der Waals surface area contributed by atoms with E-state index >= 15 is 24.0 Å². The van der Waals surface area contributed by atoms with E-state index in [1.54, 1.807) is 18.2 Å². The van der Waals surface area contributed by atoms with Crippen molar-refractivity contribution in [1.82, 2.24) is 0 Å². The fourth-order valence-electron chi connectivity index (χ4n) is 15.3. The summed E-state index contributed by atoms with van der Waals surface area (Å²) in [6.07, 6.45) is -11.0. The number of hydrogen-bond donors (Lipinski definition) is 0. The fourth-order valence-corrected chi connectivity index (χ4v) is 15.3. The molecule has 12 rings (SSSR count). The van der Waals surface area contributed by atoms with E-state index in [0.717, 1.165) is 0 Å². The Morgan fingerprint density at radius 1 is 0.284 bits per heavy atom. The minimum Gasteiger partial charge on any atom is -0.496 e. The van der Waals surface area contributed by atoms with Crippen molar-refractivity contribution in [2.75, 3.05) is 156 Å². The lowest BCUT2D eigenvalue weighted by Crippen LogP contribution is -2.56. The second kappa shape index (κ2) is 30.9. The minimum absolute atomic E-state index is 0.00312. The lowest BCUT2D eigenvalue weighted by Gasteiger charge is -2.44. The number of carbonyl (C=O) groups is 5. The van der Waals surface area contributed by atoms with E-state index in [-0.39, 0.29) is 160 Å². The van der Waals surface area contributed by atoms with Crippen LogP contribution in [0.2, 0.25) is 0 Å². The topological polar surface area (TPSA) is 335 Å². The van der Waals surface area contributed by atoms with Crippen LogP contribution in [-0.2, 0) is 34.8 Å². The van der Waals surface area contributed by atoms with Crippen LogP contribution in [0.15, 0.2) is 36.4 Å². The summed E-state index contributed by atoms with van der Waals surface area (Å²) in [5.41, 5.74) is -3.51. The van der Waals surface area contributed by atoms with Gasteiger partial charge in [0.1, 0.15) is 35.5 Å². The van der Waals surface area contributed by atoms with Gasteiger partial charge in [-0.25, -0.2) is 24.0 Å². The third kappa shape index (κ3) is 11.8. The summed E-state index contributed by atoms with van der Waals surface area (Å²) >= 11 is 0. The monoisotopic (exact) mass is 1520 g/mol. The van der Waals surface area contributed by atoms with Crippen molar-refractivity contribution in [2.24, 2.45) is 0 Å². The second-order valence-electron chi connectivity index (χ2n) is 24.3. The van der Waals surface area contributed by atoms with Gasteiger partial charge in [0.2, 0.25) is 34.5 Å². The van der Waals surface area contributed by atoms with Gasteiger partial charge in [0, 0.05) is 75.2 Å². The predicted octanol–water partition coefficient (Wildman–Crippen LogP) is 9.70. The fraction of sp³-hybridized carbons (Fsp3) is 0.390. The first kappa shape index (κ1) is 76.3. The molecule has 0 aliphatic carbocycles. The van der Waals surface area contributed by atoms with Crippen LogP contribution in [-0.4, -0.2) is 216 Å². The number of rotatable bonds is 23. The molecule has 5 heterocycles. The highest BCUT2D eigenvalue weighted by atomic mass is 16.7. The molecule has 0 spiro atoms. The molecular weight excluding hydrogens is 1440 g/mol. The number of carbonyl (C=O) groups excluding carboxylic acids is 5. The van der Waals surface area contributed by atoms with Crippen LogP contribution >= 0.6 is 0 Å². The molecule has 109 heavy (non-hydrogen) atoms. The highest BCUT2D eigenvalue weighted by molar-refractivity contribution is 6.17. The first-order valence-corrected chi connectivity index (χ1v) is 33.3. The zero-order valence-electron chi connectivity index (χ0n) is 63.5. The molecule has 0 fully saturated rings. The van der Waals surface area contributed by atoms with Gasteiger partial charge in [-0.15, -0.1) is 0 Å². The molecule has 32 heteroatoms. The van der Waals surface area contributed by atoms with Gasteiger partial charge in [-0.05, 0) is 30.3 Å². The van der Waals surface area contributed by atoms with E-state index < -0.39 is 101 Å². The molecule has 0 unspecified atom stereocenters. The summed E-state index contributed by atoms with van der Waals surface area (Å²) < 4.78 is 170. The van der Waals surface area contributed by atoms with E-state index in [2.05, 4.69) is 0 Å². The van der Waals surface area contributed by atoms with Crippen molar-refractivity contribution in [3.05, 3.63) is 86.5 Å². The van der Waals surface area contributed by atoms with E-state index in [9.17, 15) is 0 Å². The number of fused-ring (bicyclic) bond motifs is 14. The zero-order chi connectivity index (χ0) is 78.5. The molecule has 7 aromatic carbocycles. The Balaban J connectivity index is 1.30.